The average Bonchev–Trinajstić information content (AvgIpc) is 3.27. The van der Waals surface area contributed by atoms with E-state index in [0.29, 0.717) is 18.1 Å². The number of nitrogens with zero attached hydrogens (tertiary/aromatic N) is 2. The van der Waals surface area contributed by atoms with Gasteiger partial charge in [-0.05, 0) is 24.3 Å². The molecule has 1 aromatic heterocycles. The smallest absolute Gasteiger partial charge is 0.410 e. The third kappa shape index (κ3) is 2.80. The first-order valence-electron chi connectivity index (χ1n) is 8.11. The van der Waals surface area contributed by atoms with Crippen LogP contribution in [0, 0.1) is 0 Å². The molecule has 2 aromatic carbocycles. The highest BCUT2D eigenvalue weighted by Crippen LogP contribution is 2.32. The Hall–Kier alpha value is -2.67. The monoisotopic (exact) mass is 355 g/mol. The minimum Gasteiger partial charge on any atom is -0.453 e. The minimum absolute atomic E-state index is 0.216. The molecule has 1 aliphatic heterocycles. The fraction of sp³-hybridized carbons (Fsp3) is 0.278. The van der Waals surface area contributed by atoms with Gasteiger partial charge in [0.1, 0.15) is 6.04 Å². The van der Waals surface area contributed by atoms with Gasteiger partial charge in [-0.3, -0.25) is 9.69 Å². The second kappa shape index (κ2) is 6.33. The van der Waals surface area contributed by atoms with Crippen LogP contribution in [0.1, 0.15) is 12.8 Å². The van der Waals surface area contributed by atoms with E-state index in [-0.39, 0.29) is 5.91 Å². The Morgan fingerprint density at radius 2 is 2.12 bits per heavy atom. The highest BCUT2D eigenvalue weighted by Gasteiger charge is 2.35. The summed E-state index contributed by atoms with van der Waals surface area (Å²) in [6.45, 7) is 0.537. The lowest BCUT2D eigenvalue weighted by molar-refractivity contribution is -0.119. The standard InChI is InChI=1S/C18H17N3O3S/c1-24-18(23)21-10-4-7-13(21)16(22)20-17-19-15-12-6-3-2-5-11(12)8-9-14(15)25-17/h2-3,5-6,8-9,13H,4,7,10H2,1H3,(H,19,20,22). The van der Waals surface area contributed by atoms with Gasteiger partial charge in [-0.25, -0.2) is 9.78 Å². The number of rotatable bonds is 2. The summed E-state index contributed by atoms with van der Waals surface area (Å²) in [4.78, 5) is 30.4. The molecule has 1 aliphatic rings. The number of fused-ring (bicyclic) bond motifs is 3. The molecule has 2 amide bonds. The first-order chi connectivity index (χ1) is 12.2. The van der Waals surface area contributed by atoms with E-state index in [1.54, 1.807) is 0 Å². The zero-order chi connectivity index (χ0) is 17.4. The molecule has 4 rings (SSSR count). The fourth-order valence-corrected chi connectivity index (χ4v) is 4.16. The minimum atomic E-state index is -0.504. The van der Waals surface area contributed by atoms with Gasteiger partial charge in [0.15, 0.2) is 5.13 Å². The van der Waals surface area contributed by atoms with E-state index in [4.69, 9.17) is 4.74 Å². The molecule has 2 heterocycles. The highest BCUT2D eigenvalue weighted by molar-refractivity contribution is 7.22. The molecule has 3 aromatic rings. The van der Waals surface area contributed by atoms with Crippen LogP contribution >= 0.6 is 11.3 Å². The van der Waals surface area contributed by atoms with Crippen molar-refractivity contribution in [2.24, 2.45) is 0 Å². The van der Waals surface area contributed by atoms with Crippen LogP contribution in [0.15, 0.2) is 36.4 Å². The van der Waals surface area contributed by atoms with E-state index in [9.17, 15) is 9.59 Å². The Morgan fingerprint density at radius 1 is 1.28 bits per heavy atom. The van der Waals surface area contributed by atoms with Crippen molar-refractivity contribution in [1.82, 2.24) is 9.88 Å². The van der Waals surface area contributed by atoms with Gasteiger partial charge in [-0.15, -0.1) is 0 Å². The summed E-state index contributed by atoms with van der Waals surface area (Å²) < 4.78 is 5.77. The molecule has 6 nitrogen and oxygen atoms in total. The van der Waals surface area contributed by atoms with Gasteiger partial charge in [0.2, 0.25) is 5.91 Å². The lowest BCUT2D eigenvalue weighted by Gasteiger charge is -2.21. The number of hydrogen-bond acceptors (Lipinski definition) is 5. The molecular formula is C18H17N3O3S. The first-order valence-corrected chi connectivity index (χ1v) is 8.93. The van der Waals surface area contributed by atoms with Crippen LogP contribution in [-0.4, -0.2) is 41.6 Å². The molecule has 0 saturated carbocycles. The maximum atomic E-state index is 12.6. The number of nitrogens with one attached hydrogen (secondary N) is 1. The Bertz CT molecular complexity index is 969. The largest absolute Gasteiger partial charge is 0.453 e. The predicted molar refractivity (Wildman–Crippen MR) is 97.9 cm³/mol. The van der Waals surface area contributed by atoms with Crippen LogP contribution < -0.4 is 5.32 Å². The van der Waals surface area contributed by atoms with E-state index in [1.165, 1.54) is 23.3 Å². The molecule has 1 atom stereocenters. The molecule has 25 heavy (non-hydrogen) atoms. The number of thiazole rings is 1. The zero-order valence-electron chi connectivity index (χ0n) is 13.7. The van der Waals surface area contributed by atoms with Gasteiger partial charge in [0, 0.05) is 11.9 Å². The van der Waals surface area contributed by atoms with Crippen LogP contribution in [0.5, 0.6) is 0 Å². The lowest BCUT2D eigenvalue weighted by atomic mass is 10.1. The topological polar surface area (TPSA) is 71.5 Å². The summed E-state index contributed by atoms with van der Waals surface area (Å²) in [5.41, 5.74) is 0.884. The van der Waals surface area contributed by atoms with Crippen molar-refractivity contribution in [2.75, 3.05) is 19.0 Å². The molecule has 1 fully saturated rings. The number of ether oxygens (including phenoxy) is 1. The van der Waals surface area contributed by atoms with Crippen molar-refractivity contribution >= 4 is 49.5 Å². The van der Waals surface area contributed by atoms with Crippen LogP contribution in [0.3, 0.4) is 0 Å². The van der Waals surface area contributed by atoms with E-state index in [0.717, 1.165) is 27.4 Å². The number of benzene rings is 2. The summed E-state index contributed by atoms with van der Waals surface area (Å²) in [6.07, 6.45) is 0.958. The normalized spacial score (nSPS) is 17.2. The number of hydrogen-bond donors (Lipinski definition) is 1. The van der Waals surface area contributed by atoms with Crippen LogP contribution in [0.4, 0.5) is 9.93 Å². The van der Waals surface area contributed by atoms with Gasteiger partial charge >= 0.3 is 6.09 Å². The number of likely N-dealkylation sites (tertiary alicyclic amines) is 1. The molecular weight excluding hydrogens is 338 g/mol. The zero-order valence-corrected chi connectivity index (χ0v) is 14.5. The van der Waals surface area contributed by atoms with Crippen molar-refractivity contribution in [3.8, 4) is 0 Å². The molecule has 0 bridgehead atoms. The number of aromatic nitrogens is 1. The number of amides is 2. The van der Waals surface area contributed by atoms with Gasteiger partial charge in [0.25, 0.3) is 0 Å². The molecule has 0 aliphatic carbocycles. The van der Waals surface area contributed by atoms with Gasteiger partial charge in [-0.2, -0.15) is 0 Å². The van der Waals surface area contributed by atoms with E-state index >= 15 is 0 Å². The molecule has 1 saturated heterocycles. The third-order valence-electron chi connectivity index (χ3n) is 4.48. The Balaban J connectivity index is 1.61. The molecule has 7 heteroatoms. The Kier molecular flexibility index (Phi) is 4.01. The quantitative estimate of drug-likeness (QED) is 0.762. The van der Waals surface area contributed by atoms with Crippen molar-refractivity contribution in [3.05, 3.63) is 36.4 Å². The van der Waals surface area contributed by atoms with Gasteiger partial charge < -0.3 is 10.1 Å². The fourth-order valence-electron chi connectivity index (χ4n) is 3.28. The van der Waals surface area contributed by atoms with Crippen LogP contribution in [0.25, 0.3) is 21.0 Å². The van der Waals surface area contributed by atoms with Crippen molar-refractivity contribution in [1.29, 1.82) is 0 Å². The summed E-state index contributed by atoms with van der Waals surface area (Å²) in [7, 11) is 1.33. The summed E-state index contributed by atoms with van der Waals surface area (Å²) >= 11 is 1.44. The first kappa shape index (κ1) is 15.8. The molecule has 128 valence electrons. The summed E-state index contributed by atoms with van der Waals surface area (Å²) in [5.74, 6) is -0.216. The number of methoxy groups -OCH3 is 1. The van der Waals surface area contributed by atoms with Crippen LogP contribution in [0.2, 0.25) is 0 Å². The van der Waals surface area contributed by atoms with E-state index in [1.807, 2.05) is 30.3 Å². The van der Waals surface area contributed by atoms with Gasteiger partial charge in [0.05, 0.1) is 17.3 Å². The van der Waals surface area contributed by atoms with Crippen LogP contribution in [-0.2, 0) is 9.53 Å². The maximum Gasteiger partial charge on any atom is 0.410 e. The average molecular weight is 355 g/mol. The molecule has 1 N–H and O–H groups in total. The van der Waals surface area contributed by atoms with Crippen molar-refractivity contribution in [2.45, 2.75) is 18.9 Å². The predicted octanol–water partition coefficient (Wildman–Crippen LogP) is 3.62. The van der Waals surface area contributed by atoms with Gasteiger partial charge in [-0.1, -0.05) is 41.7 Å². The number of anilines is 1. The van der Waals surface area contributed by atoms with E-state index < -0.39 is 12.1 Å². The SMILES string of the molecule is COC(=O)N1CCCC1C(=O)Nc1nc2c(ccc3ccccc32)s1. The number of carbonyl (C=O) groups is 2. The third-order valence-corrected chi connectivity index (χ3v) is 5.41. The van der Waals surface area contributed by atoms with E-state index in [2.05, 4.69) is 16.4 Å². The molecule has 0 spiro atoms. The molecule has 1 unspecified atom stereocenters. The summed E-state index contributed by atoms with van der Waals surface area (Å²) in [6, 6.07) is 11.6. The Morgan fingerprint density at radius 3 is 2.96 bits per heavy atom. The van der Waals surface area contributed by atoms with Crippen molar-refractivity contribution in [3.63, 3.8) is 0 Å². The number of carbonyl (C=O) groups excluding carboxylic acids is 2. The summed E-state index contributed by atoms with van der Waals surface area (Å²) in [5, 5.41) is 5.60. The van der Waals surface area contributed by atoms with Crippen molar-refractivity contribution < 1.29 is 14.3 Å². The molecule has 0 radical (unpaired) electrons. The second-order valence-electron chi connectivity index (χ2n) is 5.96. The lowest BCUT2D eigenvalue weighted by Crippen LogP contribution is -2.43. The Labute approximate surface area is 148 Å². The highest BCUT2D eigenvalue weighted by atomic mass is 32.1. The second-order valence-corrected chi connectivity index (χ2v) is 6.99. The maximum absolute atomic E-state index is 12.6.